The Bertz CT molecular complexity index is 1330. The molecule has 8 nitrogen and oxygen atoms in total. The second-order valence-electron chi connectivity index (χ2n) is 7.74. The lowest BCUT2D eigenvalue weighted by Crippen LogP contribution is -2.45. The van der Waals surface area contributed by atoms with Crippen LogP contribution in [0.25, 0.3) is 22.5 Å². The van der Waals surface area contributed by atoms with Gasteiger partial charge in [-0.2, -0.15) is 5.26 Å². The third-order valence-corrected chi connectivity index (χ3v) is 6.40. The highest BCUT2D eigenvalue weighted by Gasteiger charge is 2.30. The fourth-order valence-electron chi connectivity index (χ4n) is 3.70. The van der Waals surface area contributed by atoms with Gasteiger partial charge in [0.05, 0.1) is 29.1 Å². The summed E-state index contributed by atoms with van der Waals surface area (Å²) in [6, 6.07) is 12.3. The van der Waals surface area contributed by atoms with E-state index >= 15 is 0 Å². The number of aromatic nitrogens is 3. The first-order valence-corrected chi connectivity index (χ1v) is 11.0. The van der Waals surface area contributed by atoms with E-state index in [1.807, 2.05) is 30.5 Å². The minimum Gasteiger partial charge on any atom is -0.433 e. The Morgan fingerprint density at radius 2 is 2.12 bits per heavy atom. The molecule has 1 saturated carbocycles. The highest BCUT2D eigenvalue weighted by atomic mass is 32.2. The fourth-order valence-corrected chi connectivity index (χ4v) is 4.53. The number of nitrogens with zero attached hydrogens (tertiary/aromatic N) is 3. The van der Waals surface area contributed by atoms with E-state index in [1.54, 1.807) is 24.2 Å². The van der Waals surface area contributed by atoms with E-state index in [-0.39, 0.29) is 17.6 Å². The van der Waals surface area contributed by atoms with Crippen LogP contribution in [0.15, 0.2) is 58.2 Å². The quantitative estimate of drug-likeness (QED) is 0.281. The summed E-state index contributed by atoms with van der Waals surface area (Å²) in [5, 5.41) is 13.6. The molecular formula is C23H20N6O2S. The minimum atomic E-state index is -0.167. The summed E-state index contributed by atoms with van der Waals surface area (Å²) in [7, 11) is 0. The number of aromatic amines is 1. The maximum atomic E-state index is 11.6. The van der Waals surface area contributed by atoms with Gasteiger partial charge in [0.15, 0.2) is 11.5 Å². The zero-order chi connectivity index (χ0) is 22.1. The predicted molar refractivity (Wildman–Crippen MR) is 122 cm³/mol. The molecule has 0 atom stereocenters. The van der Waals surface area contributed by atoms with Crippen LogP contribution in [-0.2, 0) is 0 Å². The van der Waals surface area contributed by atoms with Crippen LogP contribution in [0.2, 0.25) is 0 Å². The van der Waals surface area contributed by atoms with Gasteiger partial charge in [-0.15, -0.1) is 0 Å². The predicted octanol–water partition coefficient (Wildman–Crippen LogP) is 4.53. The Balaban J connectivity index is 1.29. The molecule has 0 amide bonds. The number of oxazole rings is 1. The highest BCUT2D eigenvalue weighted by molar-refractivity contribution is 7.97. The fraction of sp³-hybridized carbons (Fsp3) is 0.217. The van der Waals surface area contributed by atoms with Crippen LogP contribution >= 0.6 is 11.9 Å². The van der Waals surface area contributed by atoms with Crippen molar-refractivity contribution in [1.82, 2.24) is 19.7 Å². The Morgan fingerprint density at radius 3 is 2.91 bits per heavy atom. The van der Waals surface area contributed by atoms with Crippen LogP contribution in [-0.4, -0.2) is 32.8 Å². The van der Waals surface area contributed by atoms with E-state index in [1.165, 1.54) is 13.1 Å². The van der Waals surface area contributed by atoms with Gasteiger partial charge in [-0.1, -0.05) is 6.07 Å². The van der Waals surface area contributed by atoms with E-state index in [9.17, 15) is 4.79 Å². The van der Waals surface area contributed by atoms with Crippen LogP contribution < -0.4 is 10.0 Å². The van der Waals surface area contributed by atoms with Crippen molar-refractivity contribution in [2.75, 3.05) is 5.32 Å². The molecular weight excluding hydrogens is 424 g/mol. The van der Waals surface area contributed by atoms with Gasteiger partial charge in [0.25, 0.3) is 0 Å². The molecule has 1 aliphatic carbocycles. The number of nitriles is 1. The number of ketones is 1. The Hall–Kier alpha value is -3.61. The zero-order valence-electron chi connectivity index (χ0n) is 17.3. The van der Waals surface area contributed by atoms with Crippen molar-refractivity contribution in [3.8, 4) is 17.5 Å². The van der Waals surface area contributed by atoms with Crippen LogP contribution in [0.4, 0.5) is 5.69 Å². The third kappa shape index (κ3) is 3.98. The molecule has 0 bridgehead atoms. The number of hydrogen-bond acceptors (Lipinski definition) is 8. The summed E-state index contributed by atoms with van der Waals surface area (Å²) >= 11 is 1.55. The van der Waals surface area contributed by atoms with Gasteiger partial charge < -0.3 is 14.7 Å². The molecule has 0 saturated heterocycles. The van der Waals surface area contributed by atoms with E-state index in [2.05, 4.69) is 31.1 Å². The lowest BCUT2D eigenvalue weighted by atomic mass is 9.87. The van der Waals surface area contributed by atoms with Crippen molar-refractivity contribution in [2.45, 2.75) is 36.7 Å². The molecule has 32 heavy (non-hydrogen) atoms. The van der Waals surface area contributed by atoms with Crippen LogP contribution in [0, 0.1) is 11.3 Å². The molecule has 1 fully saturated rings. The molecule has 0 aliphatic heterocycles. The number of nitrogens with one attached hydrogen (secondary N) is 3. The summed E-state index contributed by atoms with van der Waals surface area (Å²) in [6.45, 7) is 1.45. The number of benzene rings is 1. The van der Waals surface area contributed by atoms with Crippen LogP contribution in [0.3, 0.4) is 0 Å². The van der Waals surface area contributed by atoms with Gasteiger partial charge in [-0.05, 0) is 49.1 Å². The maximum absolute atomic E-state index is 11.6. The molecule has 160 valence electrons. The molecule has 0 radical (unpaired) electrons. The average molecular weight is 445 g/mol. The van der Waals surface area contributed by atoms with Crippen molar-refractivity contribution in [3.05, 3.63) is 60.2 Å². The molecule has 1 aliphatic rings. The SMILES string of the molecule is CC(=O)c1cnc(-c2cnc3[nH]ccc3c2NC2CC(NSc3cccc(C#N)c3)C2)o1. The van der Waals surface area contributed by atoms with Crippen molar-refractivity contribution >= 4 is 34.5 Å². The third-order valence-electron chi connectivity index (χ3n) is 5.46. The minimum absolute atomic E-state index is 0.167. The molecule has 0 unspecified atom stereocenters. The first kappa shape index (κ1) is 20.3. The van der Waals surface area contributed by atoms with Crippen LogP contribution in [0.5, 0.6) is 0 Å². The Morgan fingerprint density at radius 1 is 1.25 bits per heavy atom. The molecule has 0 spiro atoms. The lowest BCUT2D eigenvalue weighted by Gasteiger charge is -2.37. The molecule has 3 N–H and O–H groups in total. The second-order valence-corrected chi connectivity index (χ2v) is 8.65. The number of pyridine rings is 1. The van der Waals surface area contributed by atoms with Gasteiger partial charge in [-0.3, -0.25) is 9.52 Å². The molecule has 1 aromatic carbocycles. The highest BCUT2D eigenvalue weighted by Crippen LogP contribution is 2.36. The van der Waals surface area contributed by atoms with Gasteiger partial charge in [0.2, 0.25) is 5.89 Å². The summed E-state index contributed by atoms with van der Waals surface area (Å²) in [6.07, 6.45) is 6.90. The standard InChI is InChI=1S/C23H20N6O2S/c1-13(30)20-12-27-23(31-20)19-11-26-22-18(5-6-25-22)21(19)28-15-8-16(9-15)29-32-17-4-2-3-14(7-17)10-24/h2-7,11-12,15-16,29H,8-9H2,1H3,(H2,25,26,28). The van der Waals surface area contributed by atoms with Crippen molar-refractivity contribution < 1.29 is 9.21 Å². The molecule has 5 rings (SSSR count). The normalized spacial score (nSPS) is 17.6. The van der Waals surface area contributed by atoms with Gasteiger partial charge >= 0.3 is 0 Å². The van der Waals surface area contributed by atoms with Crippen molar-refractivity contribution in [3.63, 3.8) is 0 Å². The van der Waals surface area contributed by atoms with Crippen molar-refractivity contribution in [1.29, 1.82) is 5.26 Å². The van der Waals surface area contributed by atoms with E-state index in [4.69, 9.17) is 9.68 Å². The van der Waals surface area contributed by atoms with Gasteiger partial charge in [0, 0.05) is 41.7 Å². The summed E-state index contributed by atoms with van der Waals surface area (Å²) < 4.78 is 9.15. The number of rotatable bonds is 7. The average Bonchev–Trinajstić information content (AvgIpc) is 3.45. The molecule has 9 heteroatoms. The first-order valence-electron chi connectivity index (χ1n) is 10.2. The maximum Gasteiger partial charge on any atom is 0.230 e. The number of anilines is 1. The zero-order valence-corrected chi connectivity index (χ0v) is 18.1. The lowest BCUT2D eigenvalue weighted by molar-refractivity contribution is 0.0988. The number of carbonyl (C=O) groups is 1. The monoisotopic (exact) mass is 444 g/mol. The molecule has 4 aromatic rings. The van der Waals surface area contributed by atoms with Gasteiger partial charge in [-0.25, -0.2) is 9.97 Å². The second kappa shape index (κ2) is 8.49. The topological polar surface area (TPSA) is 120 Å². The molecule has 3 aromatic heterocycles. The number of carbonyl (C=O) groups excluding carboxylic acids is 1. The van der Waals surface area contributed by atoms with Crippen molar-refractivity contribution in [2.24, 2.45) is 0 Å². The summed E-state index contributed by atoms with van der Waals surface area (Å²) in [4.78, 5) is 24.5. The Labute approximate surface area is 188 Å². The number of fused-ring (bicyclic) bond motifs is 1. The van der Waals surface area contributed by atoms with E-state index in [0.717, 1.165) is 40.0 Å². The van der Waals surface area contributed by atoms with Gasteiger partial charge in [0.1, 0.15) is 5.65 Å². The number of hydrogen-bond donors (Lipinski definition) is 3. The Kier molecular flexibility index (Phi) is 5.39. The summed E-state index contributed by atoms with van der Waals surface area (Å²) in [5.41, 5.74) is 3.05. The van der Waals surface area contributed by atoms with E-state index in [0.29, 0.717) is 17.5 Å². The number of H-pyrrole nitrogens is 1. The molecule has 3 heterocycles. The smallest absolute Gasteiger partial charge is 0.230 e. The first-order chi connectivity index (χ1) is 15.6. The largest absolute Gasteiger partial charge is 0.433 e. The van der Waals surface area contributed by atoms with Crippen LogP contribution in [0.1, 0.15) is 35.9 Å². The number of Topliss-reactive ketones (excluding diaryl/α,β-unsaturated/α-hetero) is 1. The van der Waals surface area contributed by atoms with E-state index < -0.39 is 0 Å². The summed E-state index contributed by atoms with van der Waals surface area (Å²) in [5.74, 6) is 0.431.